The average molecular weight is 445 g/mol. The first kappa shape index (κ1) is 21.1. The molecular weight excluding hydrogens is 422 g/mol. The van der Waals surface area contributed by atoms with Crippen LogP contribution in [0.25, 0.3) is 0 Å². The molecule has 1 aliphatic heterocycles. The first-order valence-corrected chi connectivity index (χ1v) is 10.8. The van der Waals surface area contributed by atoms with E-state index in [1.807, 2.05) is 12.1 Å². The van der Waals surface area contributed by atoms with Gasteiger partial charge in [-0.1, -0.05) is 59.6 Å². The molecule has 0 amide bonds. The second-order valence-electron chi connectivity index (χ2n) is 7.67. The predicted molar refractivity (Wildman–Crippen MR) is 119 cm³/mol. The van der Waals surface area contributed by atoms with Gasteiger partial charge >= 0.3 is 0 Å². The summed E-state index contributed by atoms with van der Waals surface area (Å²) in [7, 11) is 0. The first-order chi connectivity index (χ1) is 14.6. The van der Waals surface area contributed by atoms with Crippen molar-refractivity contribution in [3.8, 4) is 5.88 Å². The van der Waals surface area contributed by atoms with Gasteiger partial charge in [-0.15, -0.1) is 0 Å². The Balaban J connectivity index is 1.45. The van der Waals surface area contributed by atoms with Crippen LogP contribution in [0.15, 0.2) is 66.9 Å². The van der Waals surface area contributed by atoms with Crippen LogP contribution in [-0.2, 0) is 6.54 Å². The Morgan fingerprint density at radius 1 is 1.03 bits per heavy atom. The van der Waals surface area contributed by atoms with Crippen LogP contribution in [0, 0.1) is 11.7 Å². The van der Waals surface area contributed by atoms with E-state index in [0.717, 1.165) is 31.6 Å². The van der Waals surface area contributed by atoms with Crippen LogP contribution in [0.4, 0.5) is 4.39 Å². The first-order valence-electron chi connectivity index (χ1n) is 10.0. The lowest BCUT2D eigenvalue weighted by Gasteiger charge is -2.19. The third-order valence-corrected chi connectivity index (χ3v) is 6.09. The molecule has 3 aromatic rings. The number of rotatable bonds is 7. The molecule has 1 aliphatic rings. The molecule has 2 heterocycles. The van der Waals surface area contributed by atoms with E-state index in [1.165, 1.54) is 11.6 Å². The van der Waals surface area contributed by atoms with Crippen LogP contribution in [0.1, 0.15) is 23.5 Å². The highest BCUT2D eigenvalue weighted by atomic mass is 35.5. The van der Waals surface area contributed by atoms with Gasteiger partial charge in [0, 0.05) is 37.8 Å². The number of likely N-dealkylation sites (tertiary alicyclic amines) is 1. The van der Waals surface area contributed by atoms with Gasteiger partial charge < -0.3 is 4.74 Å². The molecule has 30 heavy (non-hydrogen) atoms. The minimum atomic E-state index is -0.381. The lowest BCUT2D eigenvalue weighted by Crippen LogP contribution is -2.20. The predicted octanol–water partition coefficient (Wildman–Crippen LogP) is 6.21. The van der Waals surface area contributed by atoms with Gasteiger partial charge in [0.25, 0.3) is 0 Å². The molecule has 0 spiro atoms. The van der Waals surface area contributed by atoms with Gasteiger partial charge in [-0.2, -0.15) is 0 Å². The monoisotopic (exact) mass is 444 g/mol. The number of benzene rings is 2. The zero-order chi connectivity index (χ0) is 20.9. The van der Waals surface area contributed by atoms with E-state index in [9.17, 15) is 4.39 Å². The van der Waals surface area contributed by atoms with Gasteiger partial charge in [-0.3, -0.25) is 4.90 Å². The largest absolute Gasteiger partial charge is 0.478 e. The smallest absolute Gasteiger partial charge is 0.213 e. The SMILES string of the molecule is Fc1ccc([C@H]2CN(Cc3ccccc3)CC2CCOc2ccc(Cl)cn2)cc1Cl. The summed E-state index contributed by atoms with van der Waals surface area (Å²) in [4.78, 5) is 6.63. The molecule has 0 N–H and O–H groups in total. The summed E-state index contributed by atoms with van der Waals surface area (Å²) in [5, 5.41) is 0.761. The van der Waals surface area contributed by atoms with Crippen molar-refractivity contribution in [2.24, 2.45) is 5.92 Å². The molecule has 3 nitrogen and oxygen atoms in total. The molecule has 0 aliphatic carbocycles. The highest BCUT2D eigenvalue weighted by molar-refractivity contribution is 6.30. The fraction of sp³-hybridized carbons (Fsp3) is 0.292. The minimum Gasteiger partial charge on any atom is -0.478 e. The fourth-order valence-corrected chi connectivity index (χ4v) is 4.41. The van der Waals surface area contributed by atoms with Crippen molar-refractivity contribution < 1.29 is 9.13 Å². The van der Waals surface area contributed by atoms with Gasteiger partial charge in [0.15, 0.2) is 0 Å². The summed E-state index contributed by atoms with van der Waals surface area (Å²) in [6.07, 6.45) is 2.45. The molecule has 6 heteroatoms. The van der Waals surface area contributed by atoms with Crippen molar-refractivity contribution in [2.45, 2.75) is 18.9 Å². The summed E-state index contributed by atoms with van der Waals surface area (Å²) in [5.41, 5.74) is 2.36. The van der Waals surface area contributed by atoms with Crippen molar-refractivity contribution >= 4 is 23.2 Å². The van der Waals surface area contributed by atoms with Crippen molar-refractivity contribution in [1.82, 2.24) is 9.88 Å². The zero-order valence-corrected chi connectivity index (χ0v) is 18.0. The molecule has 0 radical (unpaired) electrons. The second kappa shape index (κ2) is 9.78. The highest BCUT2D eigenvalue weighted by Crippen LogP contribution is 2.37. The van der Waals surface area contributed by atoms with Crippen LogP contribution >= 0.6 is 23.2 Å². The molecule has 4 rings (SSSR count). The summed E-state index contributed by atoms with van der Waals surface area (Å²) in [6.45, 7) is 3.30. The van der Waals surface area contributed by atoms with Crippen molar-refractivity contribution in [1.29, 1.82) is 0 Å². The van der Waals surface area contributed by atoms with E-state index < -0.39 is 0 Å². The van der Waals surface area contributed by atoms with Crippen molar-refractivity contribution in [2.75, 3.05) is 19.7 Å². The number of halogens is 3. The van der Waals surface area contributed by atoms with Crippen LogP contribution in [-0.4, -0.2) is 29.6 Å². The molecule has 1 saturated heterocycles. The maximum Gasteiger partial charge on any atom is 0.213 e. The van der Waals surface area contributed by atoms with Gasteiger partial charge in [0.1, 0.15) is 5.82 Å². The number of aromatic nitrogens is 1. The summed E-state index contributed by atoms with van der Waals surface area (Å²) in [6, 6.07) is 19.1. The Morgan fingerprint density at radius 2 is 1.87 bits per heavy atom. The molecule has 2 aromatic carbocycles. The minimum absolute atomic E-state index is 0.175. The van der Waals surface area contributed by atoms with Gasteiger partial charge in [-0.05, 0) is 41.7 Å². The summed E-state index contributed by atoms with van der Waals surface area (Å²) >= 11 is 12.0. The molecular formula is C24H23Cl2FN2O. The maximum atomic E-state index is 13.7. The zero-order valence-electron chi connectivity index (χ0n) is 16.5. The van der Waals surface area contributed by atoms with Gasteiger partial charge in [0.05, 0.1) is 16.7 Å². The summed E-state index contributed by atoms with van der Waals surface area (Å²) in [5.74, 6) is 0.837. The van der Waals surface area contributed by atoms with E-state index in [2.05, 4.69) is 34.1 Å². The quantitative estimate of drug-likeness (QED) is 0.432. The normalized spacial score (nSPS) is 19.2. The Kier molecular flexibility index (Phi) is 6.88. The summed E-state index contributed by atoms with van der Waals surface area (Å²) < 4.78 is 19.5. The van der Waals surface area contributed by atoms with E-state index >= 15 is 0 Å². The molecule has 1 unspecified atom stereocenters. The Morgan fingerprint density at radius 3 is 2.60 bits per heavy atom. The van der Waals surface area contributed by atoms with Crippen LogP contribution in [0.3, 0.4) is 0 Å². The topological polar surface area (TPSA) is 25.4 Å². The van der Waals surface area contributed by atoms with Crippen LogP contribution in [0.2, 0.25) is 10.0 Å². The number of nitrogens with zero attached hydrogens (tertiary/aromatic N) is 2. The molecule has 1 fully saturated rings. The fourth-order valence-electron chi connectivity index (χ4n) is 4.11. The van der Waals surface area contributed by atoms with Crippen LogP contribution < -0.4 is 4.74 Å². The molecule has 1 aromatic heterocycles. The maximum absolute atomic E-state index is 13.7. The Bertz CT molecular complexity index is 969. The van der Waals surface area contributed by atoms with Crippen LogP contribution in [0.5, 0.6) is 5.88 Å². The number of hydrogen-bond acceptors (Lipinski definition) is 3. The van der Waals surface area contributed by atoms with E-state index in [-0.39, 0.29) is 16.8 Å². The third kappa shape index (κ3) is 5.31. The Hall–Kier alpha value is -2.14. The van der Waals surface area contributed by atoms with E-state index in [0.29, 0.717) is 23.4 Å². The third-order valence-electron chi connectivity index (χ3n) is 5.58. The lowest BCUT2D eigenvalue weighted by molar-refractivity contribution is 0.256. The van der Waals surface area contributed by atoms with Gasteiger partial charge in [-0.25, -0.2) is 9.37 Å². The highest BCUT2D eigenvalue weighted by Gasteiger charge is 2.34. The van der Waals surface area contributed by atoms with Crippen molar-refractivity contribution in [3.05, 3.63) is 93.8 Å². The van der Waals surface area contributed by atoms with Gasteiger partial charge in [0.2, 0.25) is 5.88 Å². The number of hydrogen-bond donors (Lipinski definition) is 0. The molecule has 2 atom stereocenters. The Labute approximate surface area is 186 Å². The molecule has 0 bridgehead atoms. The lowest BCUT2D eigenvalue weighted by atomic mass is 9.87. The molecule has 0 saturated carbocycles. The van der Waals surface area contributed by atoms with Crippen molar-refractivity contribution in [3.63, 3.8) is 0 Å². The average Bonchev–Trinajstić information content (AvgIpc) is 3.15. The molecule has 156 valence electrons. The standard InChI is InChI=1S/C24H23Cl2FN2O/c25-20-7-9-24(28-13-20)30-11-10-19-15-29(14-17-4-2-1-3-5-17)16-21(19)18-6-8-23(27)22(26)12-18/h1-9,12-13,19,21H,10-11,14-16H2/t19?,21-/m1/s1. The number of pyridine rings is 1. The number of ether oxygens (including phenoxy) is 1. The second-order valence-corrected chi connectivity index (χ2v) is 8.52. The van der Waals surface area contributed by atoms with E-state index in [1.54, 1.807) is 24.4 Å². The van der Waals surface area contributed by atoms with E-state index in [4.69, 9.17) is 27.9 Å².